The number of carbonyl (C=O) groups is 3. The minimum atomic E-state index is -1.12. The van der Waals surface area contributed by atoms with Gasteiger partial charge in [0.1, 0.15) is 11.6 Å². The van der Waals surface area contributed by atoms with Crippen molar-refractivity contribution in [3.8, 4) is 0 Å². The number of piperidine rings is 1. The molecule has 1 unspecified atom stereocenters. The molecule has 1 aliphatic heterocycles. The Morgan fingerprint density at radius 2 is 1.80 bits per heavy atom. The molecule has 35 heavy (non-hydrogen) atoms. The van der Waals surface area contributed by atoms with Crippen LogP contribution in [0.2, 0.25) is 5.02 Å². The zero-order valence-corrected chi connectivity index (χ0v) is 22.7. The first-order chi connectivity index (χ1) is 16.1. The van der Waals surface area contributed by atoms with Crippen LogP contribution in [-0.4, -0.2) is 59.2 Å². The summed E-state index contributed by atoms with van der Waals surface area (Å²) in [6.45, 7) is 13.5. The van der Waals surface area contributed by atoms with Crippen LogP contribution in [0.1, 0.15) is 66.9 Å². The van der Waals surface area contributed by atoms with Gasteiger partial charge in [-0.3, -0.25) is 9.59 Å². The van der Waals surface area contributed by atoms with Gasteiger partial charge >= 0.3 is 12.0 Å². The molecule has 8 nitrogen and oxygen atoms in total. The predicted molar refractivity (Wildman–Crippen MR) is 136 cm³/mol. The van der Waals surface area contributed by atoms with Crippen LogP contribution in [0, 0.1) is 11.3 Å². The first-order valence-corrected chi connectivity index (χ1v) is 12.5. The highest BCUT2D eigenvalue weighted by Gasteiger charge is 2.50. The van der Waals surface area contributed by atoms with Crippen molar-refractivity contribution in [3.63, 3.8) is 0 Å². The number of ether oxygens (including phenoxy) is 1. The highest BCUT2D eigenvalue weighted by molar-refractivity contribution is 6.30. The molecule has 1 heterocycles. The molecule has 3 amide bonds. The topological polar surface area (TPSA) is 108 Å². The van der Waals surface area contributed by atoms with Crippen LogP contribution in [0.15, 0.2) is 24.3 Å². The van der Waals surface area contributed by atoms with Gasteiger partial charge in [-0.25, -0.2) is 4.79 Å². The number of halogens is 1. The molecule has 196 valence electrons. The molecule has 0 radical (unpaired) electrons. The number of esters is 1. The van der Waals surface area contributed by atoms with E-state index in [-0.39, 0.29) is 30.8 Å². The maximum Gasteiger partial charge on any atom is 0.315 e. The van der Waals surface area contributed by atoms with Gasteiger partial charge in [0.2, 0.25) is 5.91 Å². The molecule has 9 heteroatoms. The number of urea groups is 1. The Kier molecular flexibility index (Phi) is 9.22. The second kappa shape index (κ2) is 11.2. The molecule has 1 saturated heterocycles. The minimum absolute atomic E-state index is 0.106. The first kappa shape index (κ1) is 28.9. The average Bonchev–Trinajstić information content (AvgIpc) is 2.77. The molecular weight excluding hydrogens is 470 g/mol. The summed E-state index contributed by atoms with van der Waals surface area (Å²) in [5.41, 5.74) is -1.85. The van der Waals surface area contributed by atoms with Crippen molar-refractivity contribution in [2.45, 2.75) is 78.6 Å². The van der Waals surface area contributed by atoms with Gasteiger partial charge in [0, 0.05) is 29.9 Å². The Morgan fingerprint density at radius 3 is 2.31 bits per heavy atom. The van der Waals surface area contributed by atoms with Crippen LogP contribution in [0.4, 0.5) is 4.79 Å². The van der Waals surface area contributed by atoms with Gasteiger partial charge < -0.3 is 25.4 Å². The largest absolute Gasteiger partial charge is 0.458 e. The lowest BCUT2D eigenvalue weighted by Crippen LogP contribution is -2.61. The molecule has 1 aliphatic rings. The second-order valence-electron chi connectivity index (χ2n) is 10.9. The zero-order valence-electron chi connectivity index (χ0n) is 21.9. The summed E-state index contributed by atoms with van der Waals surface area (Å²) in [5.74, 6) is -0.698. The Labute approximate surface area is 213 Å². The quantitative estimate of drug-likeness (QED) is 0.461. The molecular formula is C26H40ClN3O5. The summed E-state index contributed by atoms with van der Waals surface area (Å²) in [7, 11) is 0. The Bertz CT molecular complexity index is 916. The monoisotopic (exact) mass is 509 g/mol. The molecule has 1 fully saturated rings. The summed E-state index contributed by atoms with van der Waals surface area (Å²) >= 11 is 6.02. The molecule has 0 spiro atoms. The summed E-state index contributed by atoms with van der Waals surface area (Å²) in [4.78, 5) is 39.4. The second-order valence-corrected chi connectivity index (χ2v) is 11.3. The highest BCUT2D eigenvalue weighted by atomic mass is 35.5. The average molecular weight is 510 g/mol. The SMILES string of the molecule is CCC(=O)OC(C)(C)CNC(=O)NC(C(=O)N1CC[C@](O)(c2ccc(Cl)cc2)C(C)(C)C1)C(C)C. The van der Waals surface area contributed by atoms with Gasteiger partial charge in [0.15, 0.2) is 0 Å². The van der Waals surface area contributed by atoms with Gasteiger partial charge in [0.25, 0.3) is 0 Å². The lowest BCUT2D eigenvalue weighted by molar-refractivity contribution is -0.156. The number of rotatable bonds is 8. The van der Waals surface area contributed by atoms with Crippen LogP contribution >= 0.6 is 11.6 Å². The number of carbonyl (C=O) groups excluding carboxylic acids is 3. The third-order valence-electron chi connectivity index (χ3n) is 6.66. The molecule has 3 N–H and O–H groups in total. The zero-order chi connectivity index (χ0) is 26.6. The number of nitrogens with one attached hydrogen (secondary N) is 2. The maximum atomic E-state index is 13.5. The van der Waals surface area contributed by atoms with Crippen molar-refractivity contribution in [2.75, 3.05) is 19.6 Å². The summed E-state index contributed by atoms with van der Waals surface area (Å²) in [6.07, 6.45) is 0.611. The van der Waals surface area contributed by atoms with Crippen LogP contribution in [-0.2, 0) is 19.9 Å². The van der Waals surface area contributed by atoms with Crippen molar-refractivity contribution in [1.29, 1.82) is 0 Å². The van der Waals surface area contributed by atoms with Gasteiger partial charge in [0.05, 0.1) is 12.1 Å². The molecule has 0 aliphatic carbocycles. The molecule has 0 aromatic heterocycles. The van der Waals surface area contributed by atoms with E-state index in [0.717, 1.165) is 5.56 Å². The first-order valence-electron chi connectivity index (χ1n) is 12.2. The number of amides is 3. The predicted octanol–water partition coefficient (Wildman–Crippen LogP) is 3.84. The standard InChI is InChI=1S/C26H40ClN3O5/c1-8-20(31)35-25(6,7)15-28-23(33)29-21(17(2)3)22(32)30-14-13-26(34,24(4,5)16-30)18-9-11-19(27)12-10-18/h9-12,17,21,34H,8,13-16H2,1-7H3,(H2,28,29,33)/t21?,26-/m0/s1. The number of hydrogen-bond donors (Lipinski definition) is 3. The number of benzene rings is 1. The number of aliphatic hydroxyl groups is 1. The van der Waals surface area contributed by atoms with Crippen LogP contribution in [0.3, 0.4) is 0 Å². The van der Waals surface area contributed by atoms with E-state index in [1.54, 1.807) is 37.8 Å². The molecule has 2 atom stereocenters. The van der Waals surface area contributed by atoms with E-state index in [9.17, 15) is 19.5 Å². The fraction of sp³-hybridized carbons (Fsp3) is 0.654. The summed E-state index contributed by atoms with van der Waals surface area (Å²) in [6, 6.07) is 5.91. The maximum absolute atomic E-state index is 13.5. The Balaban J connectivity index is 2.06. The highest BCUT2D eigenvalue weighted by Crippen LogP contribution is 2.46. The van der Waals surface area contributed by atoms with Gasteiger partial charge in [-0.1, -0.05) is 58.4 Å². The molecule has 1 aromatic carbocycles. The fourth-order valence-corrected chi connectivity index (χ4v) is 4.51. The van der Waals surface area contributed by atoms with Gasteiger partial charge in [-0.2, -0.15) is 0 Å². The summed E-state index contributed by atoms with van der Waals surface area (Å²) < 4.78 is 5.33. The van der Waals surface area contributed by atoms with Crippen molar-refractivity contribution in [2.24, 2.45) is 11.3 Å². The normalized spacial score (nSPS) is 20.8. The van der Waals surface area contributed by atoms with Gasteiger partial charge in [-0.15, -0.1) is 0 Å². The lowest BCUT2D eigenvalue weighted by Gasteiger charge is -2.51. The van der Waals surface area contributed by atoms with Crippen LogP contribution in [0.25, 0.3) is 0 Å². The van der Waals surface area contributed by atoms with E-state index < -0.39 is 28.7 Å². The number of nitrogens with zero attached hydrogens (tertiary/aromatic N) is 1. The third-order valence-corrected chi connectivity index (χ3v) is 6.91. The number of hydrogen-bond acceptors (Lipinski definition) is 5. The Hall–Kier alpha value is -2.32. The molecule has 2 rings (SSSR count). The molecule has 0 bridgehead atoms. The number of likely N-dealkylation sites (tertiary alicyclic amines) is 1. The van der Waals surface area contributed by atoms with Gasteiger partial charge in [-0.05, 0) is 43.9 Å². The van der Waals surface area contributed by atoms with E-state index in [0.29, 0.717) is 24.5 Å². The van der Waals surface area contributed by atoms with Crippen molar-refractivity contribution in [3.05, 3.63) is 34.9 Å². The van der Waals surface area contributed by atoms with E-state index in [1.807, 2.05) is 39.8 Å². The summed E-state index contributed by atoms with van der Waals surface area (Å²) in [5, 5.41) is 17.7. The fourth-order valence-electron chi connectivity index (χ4n) is 4.38. The van der Waals surface area contributed by atoms with Crippen molar-refractivity contribution < 1.29 is 24.2 Å². The van der Waals surface area contributed by atoms with Crippen LogP contribution < -0.4 is 10.6 Å². The van der Waals surface area contributed by atoms with E-state index >= 15 is 0 Å². The third kappa shape index (κ3) is 7.10. The Morgan fingerprint density at radius 1 is 1.20 bits per heavy atom. The van der Waals surface area contributed by atoms with E-state index in [2.05, 4.69) is 10.6 Å². The van der Waals surface area contributed by atoms with Crippen molar-refractivity contribution >= 4 is 29.5 Å². The molecule has 0 saturated carbocycles. The van der Waals surface area contributed by atoms with Crippen LogP contribution in [0.5, 0.6) is 0 Å². The molecule has 1 aromatic rings. The van der Waals surface area contributed by atoms with E-state index in [1.165, 1.54) is 0 Å². The van der Waals surface area contributed by atoms with E-state index in [4.69, 9.17) is 16.3 Å². The minimum Gasteiger partial charge on any atom is -0.458 e. The lowest BCUT2D eigenvalue weighted by atomic mass is 9.66. The smallest absolute Gasteiger partial charge is 0.315 e. The van der Waals surface area contributed by atoms with Crippen molar-refractivity contribution in [1.82, 2.24) is 15.5 Å².